The highest BCUT2D eigenvalue weighted by atomic mass is 32.2. The van der Waals surface area contributed by atoms with Crippen LogP contribution in [-0.4, -0.2) is 43.1 Å². The first kappa shape index (κ1) is 13.8. The second-order valence-electron chi connectivity index (χ2n) is 5.07. The van der Waals surface area contributed by atoms with E-state index in [2.05, 4.69) is 16.4 Å². The van der Waals surface area contributed by atoms with Gasteiger partial charge in [-0.15, -0.1) is 0 Å². The molecule has 20 heavy (non-hydrogen) atoms. The Kier molecular flexibility index (Phi) is 3.66. The quantitative estimate of drug-likeness (QED) is 0.943. The standard InChI is InChI=1S/C13H17N3O2S2/c1-20(17,18)16-8-6-10(7-9-16)14-13-15-11-4-2-3-5-12(11)19-13/h2-5,10H,6-9H2,1H3,(H,14,15). The molecule has 3 rings (SSSR count). The van der Waals surface area contributed by atoms with E-state index in [9.17, 15) is 8.42 Å². The van der Waals surface area contributed by atoms with Crippen LogP contribution in [0.2, 0.25) is 0 Å². The van der Waals surface area contributed by atoms with Gasteiger partial charge in [0.1, 0.15) is 0 Å². The molecule has 1 N–H and O–H groups in total. The summed E-state index contributed by atoms with van der Waals surface area (Å²) in [6.07, 6.45) is 2.92. The Morgan fingerprint density at radius 3 is 2.65 bits per heavy atom. The monoisotopic (exact) mass is 311 g/mol. The summed E-state index contributed by atoms with van der Waals surface area (Å²) < 4.78 is 25.6. The summed E-state index contributed by atoms with van der Waals surface area (Å²) in [5.74, 6) is 0. The van der Waals surface area contributed by atoms with Crippen molar-refractivity contribution in [3.05, 3.63) is 24.3 Å². The number of hydrogen-bond donors (Lipinski definition) is 1. The minimum atomic E-state index is -3.05. The van der Waals surface area contributed by atoms with Crippen molar-refractivity contribution in [1.82, 2.24) is 9.29 Å². The van der Waals surface area contributed by atoms with Crippen molar-refractivity contribution in [2.45, 2.75) is 18.9 Å². The molecule has 5 nitrogen and oxygen atoms in total. The molecule has 0 saturated carbocycles. The highest BCUT2D eigenvalue weighted by Crippen LogP contribution is 2.27. The molecule has 0 aliphatic carbocycles. The van der Waals surface area contributed by atoms with E-state index >= 15 is 0 Å². The van der Waals surface area contributed by atoms with E-state index in [0.717, 1.165) is 23.5 Å². The van der Waals surface area contributed by atoms with Crippen LogP contribution in [0, 0.1) is 0 Å². The van der Waals surface area contributed by atoms with E-state index in [1.165, 1.54) is 11.0 Å². The van der Waals surface area contributed by atoms with Crippen LogP contribution in [0.1, 0.15) is 12.8 Å². The highest BCUT2D eigenvalue weighted by molar-refractivity contribution is 7.88. The number of piperidine rings is 1. The molecule has 0 bridgehead atoms. The molecule has 1 saturated heterocycles. The van der Waals surface area contributed by atoms with Gasteiger partial charge in [-0.25, -0.2) is 17.7 Å². The average Bonchev–Trinajstić information content (AvgIpc) is 2.80. The molecule has 1 aromatic carbocycles. The lowest BCUT2D eigenvalue weighted by Crippen LogP contribution is -2.41. The van der Waals surface area contributed by atoms with Crippen molar-refractivity contribution in [1.29, 1.82) is 0 Å². The number of fused-ring (bicyclic) bond motifs is 1. The fourth-order valence-corrected chi connectivity index (χ4v) is 4.26. The van der Waals surface area contributed by atoms with Gasteiger partial charge in [0.25, 0.3) is 0 Å². The molecule has 1 aromatic heterocycles. The number of nitrogens with one attached hydrogen (secondary N) is 1. The molecule has 1 aliphatic rings. The Morgan fingerprint density at radius 1 is 1.30 bits per heavy atom. The maximum atomic E-state index is 11.5. The zero-order valence-corrected chi connectivity index (χ0v) is 12.9. The van der Waals surface area contributed by atoms with Gasteiger partial charge in [-0.2, -0.15) is 0 Å². The van der Waals surface area contributed by atoms with Crippen molar-refractivity contribution >= 4 is 36.7 Å². The van der Waals surface area contributed by atoms with Crippen LogP contribution in [0.3, 0.4) is 0 Å². The van der Waals surface area contributed by atoms with Gasteiger partial charge in [0.2, 0.25) is 10.0 Å². The molecule has 0 spiro atoms. The predicted octanol–water partition coefficient (Wildman–Crippen LogP) is 2.13. The summed E-state index contributed by atoms with van der Waals surface area (Å²) in [6, 6.07) is 8.35. The SMILES string of the molecule is CS(=O)(=O)N1CCC(Nc2nc3ccccc3s2)CC1. The molecule has 2 heterocycles. The van der Waals surface area contributed by atoms with Gasteiger partial charge in [0, 0.05) is 19.1 Å². The Balaban J connectivity index is 1.65. The Bertz CT molecular complexity index is 670. The molecular weight excluding hydrogens is 294 g/mol. The molecular formula is C13H17N3O2S2. The number of benzene rings is 1. The zero-order chi connectivity index (χ0) is 14.2. The minimum absolute atomic E-state index is 0.300. The number of nitrogens with zero attached hydrogens (tertiary/aromatic N) is 2. The van der Waals surface area contributed by atoms with Crippen LogP contribution in [0.5, 0.6) is 0 Å². The van der Waals surface area contributed by atoms with E-state index in [4.69, 9.17) is 0 Å². The third-order valence-corrected chi connectivity index (χ3v) is 5.82. The van der Waals surface area contributed by atoms with Crippen molar-refractivity contribution in [2.24, 2.45) is 0 Å². The Morgan fingerprint density at radius 2 is 2.00 bits per heavy atom. The molecule has 0 atom stereocenters. The lowest BCUT2D eigenvalue weighted by molar-refractivity contribution is 0.332. The van der Waals surface area contributed by atoms with Gasteiger partial charge in [-0.1, -0.05) is 23.5 Å². The van der Waals surface area contributed by atoms with E-state index in [1.54, 1.807) is 15.6 Å². The summed E-state index contributed by atoms with van der Waals surface area (Å²) in [7, 11) is -3.05. The number of rotatable bonds is 3. The van der Waals surface area contributed by atoms with Crippen molar-refractivity contribution < 1.29 is 8.42 Å². The van der Waals surface area contributed by atoms with Crippen LogP contribution in [-0.2, 0) is 10.0 Å². The molecule has 1 fully saturated rings. The number of anilines is 1. The van der Waals surface area contributed by atoms with Crippen molar-refractivity contribution in [2.75, 3.05) is 24.7 Å². The summed E-state index contributed by atoms with van der Waals surface area (Å²) in [4.78, 5) is 4.55. The third kappa shape index (κ3) is 2.94. The van der Waals surface area contributed by atoms with Gasteiger partial charge < -0.3 is 5.32 Å². The van der Waals surface area contributed by atoms with Crippen LogP contribution < -0.4 is 5.32 Å². The van der Waals surface area contributed by atoms with Crippen LogP contribution in [0.4, 0.5) is 5.13 Å². The first-order valence-corrected chi connectivity index (χ1v) is 9.26. The molecule has 2 aromatic rings. The average molecular weight is 311 g/mol. The normalized spacial score (nSPS) is 18.4. The summed E-state index contributed by atoms with van der Waals surface area (Å²) in [6.45, 7) is 1.17. The molecule has 0 amide bonds. The first-order chi connectivity index (χ1) is 9.52. The maximum absolute atomic E-state index is 11.5. The number of sulfonamides is 1. The van der Waals surface area contributed by atoms with E-state index in [0.29, 0.717) is 19.1 Å². The Labute approximate surface area is 122 Å². The van der Waals surface area contributed by atoms with Crippen molar-refractivity contribution in [3.63, 3.8) is 0 Å². The van der Waals surface area contributed by atoms with Crippen LogP contribution in [0.15, 0.2) is 24.3 Å². The molecule has 0 radical (unpaired) electrons. The predicted molar refractivity (Wildman–Crippen MR) is 82.7 cm³/mol. The maximum Gasteiger partial charge on any atom is 0.211 e. The second kappa shape index (κ2) is 5.31. The van der Waals surface area contributed by atoms with Gasteiger partial charge in [0.05, 0.1) is 16.5 Å². The zero-order valence-electron chi connectivity index (χ0n) is 11.2. The van der Waals surface area contributed by atoms with Gasteiger partial charge in [-0.05, 0) is 25.0 Å². The largest absolute Gasteiger partial charge is 0.359 e. The first-order valence-electron chi connectivity index (χ1n) is 6.59. The molecule has 0 unspecified atom stereocenters. The van der Waals surface area contributed by atoms with Crippen LogP contribution >= 0.6 is 11.3 Å². The Hall–Kier alpha value is -1.18. The summed E-state index contributed by atoms with van der Waals surface area (Å²) >= 11 is 1.64. The third-order valence-electron chi connectivity index (χ3n) is 3.54. The number of aromatic nitrogens is 1. The molecule has 108 valence electrons. The van der Waals surface area contributed by atoms with Crippen molar-refractivity contribution in [3.8, 4) is 0 Å². The van der Waals surface area contributed by atoms with Gasteiger partial charge in [-0.3, -0.25) is 0 Å². The highest BCUT2D eigenvalue weighted by Gasteiger charge is 2.25. The van der Waals surface area contributed by atoms with Gasteiger partial charge in [0.15, 0.2) is 5.13 Å². The number of para-hydroxylation sites is 1. The van der Waals surface area contributed by atoms with Crippen LogP contribution in [0.25, 0.3) is 10.2 Å². The topological polar surface area (TPSA) is 62.3 Å². The van der Waals surface area contributed by atoms with Gasteiger partial charge >= 0.3 is 0 Å². The van der Waals surface area contributed by atoms with E-state index < -0.39 is 10.0 Å². The molecule has 1 aliphatic heterocycles. The second-order valence-corrected chi connectivity index (χ2v) is 8.08. The summed E-state index contributed by atoms with van der Waals surface area (Å²) in [5.41, 5.74) is 1.01. The summed E-state index contributed by atoms with van der Waals surface area (Å²) in [5, 5.41) is 4.35. The fraction of sp³-hybridized carbons (Fsp3) is 0.462. The lowest BCUT2D eigenvalue weighted by atomic mass is 10.1. The lowest BCUT2D eigenvalue weighted by Gasteiger charge is -2.30. The minimum Gasteiger partial charge on any atom is -0.359 e. The fourth-order valence-electron chi connectivity index (χ4n) is 2.44. The number of hydrogen-bond acceptors (Lipinski definition) is 5. The molecule has 7 heteroatoms. The van der Waals surface area contributed by atoms with E-state index in [1.807, 2.05) is 18.2 Å². The number of thiazole rings is 1. The smallest absolute Gasteiger partial charge is 0.211 e. The van der Waals surface area contributed by atoms with E-state index in [-0.39, 0.29) is 0 Å².